The first kappa shape index (κ1) is 22.6. The maximum atomic E-state index is 11.3. The average molecular weight is 461 g/mol. The van der Waals surface area contributed by atoms with Gasteiger partial charge in [-0.15, -0.1) is 0 Å². The van der Waals surface area contributed by atoms with Crippen molar-refractivity contribution in [3.63, 3.8) is 0 Å². The second kappa shape index (κ2) is 10.4. The van der Waals surface area contributed by atoms with Crippen molar-refractivity contribution in [2.45, 2.75) is 26.3 Å². The SMILES string of the molecule is CCOc1ccc(CC(=O)O)cc1-c1cc(-c2ccc(Cl)cc2)n(CCc2ccccc2)n1. The number of aryl methyl sites for hydroxylation is 2. The number of aromatic nitrogens is 2. The number of hydrogen-bond acceptors (Lipinski definition) is 3. The van der Waals surface area contributed by atoms with Gasteiger partial charge in [0.2, 0.25) is 0 Å². The molecule has 4 aromatic rings. The molecule has 0 saturated heterocycles. The van der Waals surface area contributed by atoms with E-state index in [0.717, 1.165) is 28.9 Å². The number of carboxylic acids is 1. The molecule has 1 N–H and O–H groups in total. The molecule has 3 aromatic carbocycles. The summed E-state index contributed by atoms with van der Waals surface area (Å²) >= 11 is 6.11. The fourth-order valence-corrected chi connectivity index (χ4v) is 3.92. The van der Waals surface area contributed by atoms with Crippen molar-refractivity contribution in [1.29, 1.82) is 0 Å². The highest BCUT2D eigenvalue weighted by Gasteiger charge is 2.16. The summed E-state index contributed by atoms with van der Waals surface area (Å²) in [7, 11) is 0. The Morgan fingerprint density at radius 1 is 1.00 bits per heavy atom. The number of benzene rings is 3. The fraction of sp³-hybridized carbons (Fsp3) is 0.185. The van der Waals surface area contributed by atoms with Gasteiger partial charge < -0.3 is 9.84 Å². The van der Waals surface area contributed by atoms with E-state index in [9.17, 15) is 9.90 Å². The Bertz CT molecular complexity index is 1230. The van der Waals surface area contributed by atoms with Crippen molar-refractivity contribution < 1.29 is 14.6 Å². The van der Waals surface area contributed by atoms with Crippen LogP contribution in [0.25, 0.3) is 22.5 Å². The summed E-state index contributed by atoms with van der Waals surface area (Å²) in [5, 5.41) is 14.8. The van der Waals surface area contributed by atoms with Crippen molar-refractivity contribution in [1.82, 2.24) is 9.78 Å². The number of nitrogens with zero attached hydrogens (tertiary/aromatic N) is 2. The third-order valence-electron chi connectivity index (χ3n) is 5.35. The van der Waals surface area contributed by atoms with Crippen molar-refractivity contribution in [2.24, 2.45) is 0 Å². The number of ether oxygens (including phenoxy) is 1. The van der Waals surface area contributed by atoms with Gasteiger partial charge in [0.1, 0.15) is 5.75 Å². The van der Waals surface area contributed by atoms with E-state index in [4.69, 9.17) is 21.4 Å². The normalized spacial score (nSPS) is 10.8. The van der Waals surface area contributed by atoms with Gasteiger partial charge in [-0.1, -0.05) is 60.1 Å². The Balaban J connectivity index is 1.77. The van der Waals surface area contributed by atoms with Gasteiger partial charge in [-0.2, -0.15) is 5.10 Å². The monoisotopic (exact) mass is 460 g/mol. The van der Waals surface area contributed by atoms with Crippen LogP contribution in [0.5, 0.6) is 5.75 Å². The van der Waals surface area contributed by atoms with Crippen molar-refractivity contribution in [3.05, 3.63) is 95.0 Å². The van der Waals surface area contributed by atoms with Crippen molar-refractivity contribution in [3.8, 4) is 28.3 Å². The number of aliphatic carboxylic acids is 1. The molecule has 1 aromatic heterocycles. The smallest absolute Gasteiger partial charge is 0.307 e. The van der Waals surface area contributed by atoms with Crippen molar-refractivity contribution >= 4 is 17.6 Å². The predicted octanol–water partition coefficient (Wildman–Crippen LogP) is 6.14. The van der Waals surface area contributed by atoms with Crippen LogP contribution in [0.2, 0.25) is 5.02 Å². The molecule has 1 heterocycles. The van der Waals surface area contributed by atoms with Crippen LogP contribution in [0.4, 0.5) is 0 Å². The molecule has 6 heteroatoms. The van der Waals surface area contributed by atoms with Gasteiger partial charge in [0.15, 0.2) is 0 Å². The summed E-state index contributed by atoms with van der Waals surface area (Å²) in [4.78, 5) is 11.3. The lowest BCUT2D eigenvalue weighted by Gasteiger charge is -2.10. The van der Waals surface area contributed by atoms with E-state index in [1.165, 1.54) is 5.56 Å². The third kappa shape index (κ3) is 5.62. The summed E-state index contributed by atoms with van der Waals surface area (Å²) in [6.45, 7) is 3.12. The highest BCUT2D eigenvalue weighted by molar-refractivity contribution is 6.30. The molecule has 0 unspecified atom stereocenters. The molecule has 0 aliphatic heterocycles. The second-order valence-electron chi connectivity index (χ2n) is 7.71. The summed E-state index contributed by atoms with van der Waals surface area (Å²) in [5.74, 6) is -0.192. The maximum absolute atomic E-state index is 11.3. The largest absolute Gasteiger partial charge is 0.493 e. The third-order valence-corrected chi connectivity index (χ3v) is 5.60. The Hall–Kier alpha value is -3.57. The number of carbonyl (C=O) groups is 1. The van der Waals surface area contributed by atoms with E-state index < -0.39 is 5.97 Å². The van der Waals surface area contributed by atoms with Crippen LogP contribution in [0, 0.1) is 0 Å². The number of halogens is 1. The molecule has 5 nitrogen and oxygen atoms in total. The van der Waals surface area contributed by atoms with Crippen LogP contribution in [-0.2, 0) is 24.2 Å². The van der Waals surface area contributed by atoms with Gasteiger partial charge in [0.05, 0.1) is 24.4 Å². The molecule has 4 rings (SSSR count). The fourth-order valence-electron chi connectivity index (χ4n) is 3.79. The molecule has 33 heavy (non-hydrogen) atoms. The van der Waals surface area contributed by atoms with Gasteiger partial charge >= 0.3 is 5.97 Å². The maximum Gasteiger partial charge on any atom is 0.307 e. The highest BCUT2D eigenvalue weighted by Crippen LogP contribution is 2.34. The van der Waals surface area contributed by atoms with Gasteiger partial charge in [-0.05, 0) is 60.4 Å². The summed E-state index contributed by atoms with van der Waals surface area (Å²) in [6.07, 6.45) is 0.776. The molecule has 168 valence electrons. The van der Waals surface area contributed by atoms with Gasteiger partial charge in [0, 0.05) is 17.1 Å². The zero-order chi connectivity index (χ0) is 23.2. The van der Waals surface area contributed by atoms with E-state index in [0.29, 0.717) is 29.5 Å². The number of rotatable bonds is 9. The van der Waals surface area contributed by atoms with E-state index in [1.54, 1.807) is 6.07 Å². The Kier molecular flexibility index (Phi) is 7.10. The molecule has 0 radical (unpaired) electrons. The molecule has 0 amide bonds. The zero-order valence-electron chi connectivity index (χ0n) is 18.4. The van der Waals surface area contributed by atoms with Crippen molar-refractivity contribution in [2.75, 3.05) is 6.61 Å². The van der Waals surface area contributed by atoms with E-state index in [-0.39, 0.29) is 6.42 Å². The number of hydrogen-bond donors (Lipinski definition) is 1. The topological polar surface area (TPSA) is 64.3 Å². The predicted molar refractivity (Wildman–Crippen MR) is 131 cm³/mol. The van der Waals surface area contributed by atoms with Crippen LogP contribution in [-0.4, -0.2) is 27.5 Å². The zero-order valence-corrected chi connectivity index (χ0v) is 19.1. The minimum absolute atomic E-state index is 0.0574. The second-order valence-corrected chi connectivity index (χ2v) is 8.15. The Labute approximate surface area is 198 Å². The summed E-state index contributed by atoms with van der Waals surface area (Å²) < 4.78 is 7.83. The Morgan fingerprint density at radius 3 is 2.45 bits per heavy atom. The molecule has 0 aliphatic rings. The molecular weight excluding hydrogens is 436 g/mol. The molecule has 0 spiro atoms. The Morgan fingerprint density at radius 2 is 1.76 bits per heavy atom. The summed E-state index contributed by atoms with van der Waals surface area (Å²) in [6, 6.07) is 25.5. The van der Waals surface area contributed by atoms with Gasteiger partial charge in [-0.3, -0.25) is 9.48 Å². The minimum Gasteiger partial charge on any atom is -0.493 e. The minimum atomic E-state index is -0.875. The average Bonchev–Trinajstić information content (AvgIpc) is 3.24. The molecule has 0 bridgehead atoms. The van der Waals surface area contributed by atoms with Gasteiger partial charge in [0.25, 0.3) is 0 Å². The first-order chi connectivity index (χ1) is 16.0. The molecule has 0 atom stereocenters. The lowest BCUT2D eigenvalue weighted by atomic mass is 10.0. The van der Waals surface area contributed by atoms with Crippen LogP contribution in [0.3, 0.4) is 0 Å². The number of carboxylic acid groups (broad SMARTS) is 1. The lowest BCUT2D eigenvalue weighted by Crippen LogP contribution is -2.05. The quantitative estimate of drug-likeness (QED) is 0.326. The van der Waals surface area contributed by atoms with E-state index in [2.05, 4.69) is 12.1 Å². The molecular formula is C27H25ClN2O3. The molecule has 0 saturated carbocycles. The van der Waals surface area contributed by atoms with E-state index in [1.807, 2.05) is 72.3 Å². The van der Waals surface area contributed by atoms with Crippen LogP contribution in [0.1, 0.15) is 18.1 Å². The summed E-state index contributed by atoms with van der Waals surface area (Å²) in [5.41, 5.74) is 5.42. The molecule has 0 fully saturated rings. The standard InChI is InChI=1S/C27H25ClN2O3/c1-2-33-26-13-8-20(17-27(31)32)16-23(26)24-18-25(21-9-11-22(28)12-10-21)30(29-24)15-14-19-6-4-3-5-7-19/h3-13,16,18H,2,14-15,17H2,1H3,(H,31,32). The van der Waals surface area contributed by atoms with Gasteiger partial charge in [-0.25, -0.2) is 0 Å². The first-order valence-corrected chi connectivity index (χ1v) is 11.3. The lowest BCUT2D eigenvalue weighted by molar-refractivity contribution is -0.136. The van der Waals surface area contributed by atoms with E-state index >= 15 is 0 Å². The first-order valence-electron chi connectivity index (χ1n) is 10.9. The van der Waals surface area contributed by atoms with Crippen LogP contribution in [0.15, 0.2) is 78.9 Å². The van der Waals surface area contributed by atoms with Crippen LogP contribution < -0.4 is 4.74 Å². The van der Waals surface area contributed by atoms with Crippen LogP contribution >= 0.6 is 11.6 Å². The molecule has 0 aliphatic carbocycles. The highest BCUT2D eigenvalue weighted by atomic mass is 35.5.